The van der Waals surface area contributed by atoms with Crippen molar-refractivity contribution in [2.24, 2.45) is 0 Å². The van der Waals surface area contributed by atoms with E-state index in [-0.39, 0.29) is 0 Å². The molecule has 86 valence electrons. The van der Waals surface area contributed by atoms with Crippen LogP contribution in [0.1, 0.15) is 66.7 Å². The second-order valence-electron chi connectivity index (χ2n) is 4.08. The third-order valence-corrected chi connectivity index (χ3v) is 3.17. The van der Waals surface area contributed by atoms with Crippen LogP contribution in [0, 0.1) is 0 Å². The fourth-order valence-electron chi connectivity index (χ4n) is 2.46. The number of hydrogen-bond donors (Lipinski definition) is 0. The Morgan fingerprint density at radius 3 is 2.43 bits per heavy atom. The van der Waals surface area contributed by atoms with E-state index in [4.69, 9.17) is 0 Å². The van der Waals surface area contributed by atoms with Crippen molar-refractivity contribution in [2.75, 3.05) is 6.54 Å². The molecule has 0 saturated carbocycles. The van der Waals surface area contributed by atoms with E-state index in [1.54, 1.807) is 0 Å². The highest BCUT2D eigenvalue weighted by atomic mass is 15.2. The molecule has 0 aromatic carbocycles. The van der Waals surface area contributed by atoms with Crippen molar-refractivity contribution in [1.29, 1.82) is 0 Å². The van der Waals surface area contributed by atoms with E-state index in [9.17, 15) is 0 Å². The normalized spacial score (nSPS) is 24.2. The van der Waals surface area contributed by atoms with Crippen molar-refractivity contribution in [2.45, 2.75) is 78.8 Å². The number of likely N-dealkylation sites (tertiary alicyclic amines) is 1. The van der Waals surface area contributed by atoms with Crippen LogP contribution in [-0.4, -0.2) is 23.5 Å². The van der Waals surface area contributed by atoms with Gasteiger partial charge in [-0.05, 0) is 39.2 Å². The Balaban J connectivity index is 0.000000791. The molecule has 1 heteroatoms. The minimum atomic E-state index is 0.822. The first kappa shape index (κ1) is 14.0. The summed E-state index contributed by atoms with van der Waals surface area (Å²) in [5.74, 6) is 0. The summed E-state index contributed by atoms with van der Waals surface area (Å²) in [5.41, 5.74) is 0. The molecule has 0 spiro atoms. The molecule has 0 aromatic rings. The zero-order chi connectivity index (χ0) is 11.0. The summed E-state index contributed by atoms with van der Waals surface area (Å²) in [4.78, 5) is 2.71. The van der Waals surface area contributed by atoms with E-state index >= 15 is 0 Å². The van der Waals surface area contributed by atoms with E-state index in [1.807, 2.05) is 13.8 Å². The van der Waals surface area contributed by atoms with Crippen LogP contribution < -0.4 is 0 Å². The van der Waals surface area contributed by atoms with E-state index in [0.717, 1.165) is 12.1 Å². The molecule has 0 aromatic heterocycles. The van der Waals surface area contributed by atoms with Gasteiger partial charge in [0, 0.05) is 12.1 Å². The maximum absolute atomic E-state index is 2.71. The summed E-state index contributed by atoms with van der Waals surface area (Å²) in [6, 6.07) is 1.72. The van der Waals surface area contributed by atoms with Gasteiger partial charge in [-0.25, -0.2) is 0 Å². The quantitative estimate of drug-likeness (QED) is 0.659. The van der Waals surface area contributed by atoms with Crippen LogP contribution >= 0.6 is 0 Å². The Bertz CT molecular complexity index is 122. The number of nitrogens with zero attached hydrogens (tertiary/aromatic N) is 1. The SMILES string of the molecule is CC.CCCC(C)N1CCCC1CC. The smallest absolute Gasteiger partial charge is 0.00959 e. The van der Waals surface area contributed by atoms with Gasteiger partial charge in [0.15, 0.2) is 0 Å². The molecule has 0 N–H and O–H groups in total. The molecule has 2 unspecified atom stereocenters. The Kier molecular flexibility index (Phi) is 8.26. The van der Waals surface area contributed by atoms with Crippen molar-refractivity contribution in [3.8, 4) is 0 Å². The molecule has 1 rings (SSSR count). The number of hydrogen-bond acceptors (Lipinski definition) is 1. The van der Waals surface area contributed by atoms with Gasteiger partial charge in [-0.15, -0.1) is 0 Å². The summed E-state index contributed by atoms with van der Waals surface area (Å²) in [6.07, 6.45) is 6.90. The first-order valence-electron chi connectivity index (χ1n) is 6.55. The van der Waals surface area contributed by atoms with E-state index in [2.05, 4.69) is 25.7 Å². The average Bonchev–Trinajstić information content (AvgIpc) is 2.69. The molecule has 1 aliphatic heterocycles. The lowest BCUT2D eigenvalue weighted by Crippen LogP contribution is -2.36. The van der Waals surface area contributed by atoms with Gasteiger partial charge >= 0.3 is 0 Å². The molecule has 1 fully saturated rings. The van der Waals surface area contributed by atoms with Gasteiger partial charge in [-0.3, -0.25) is 4.90 Å². The van der Waals surface area contributed by atoms with Gasteiger partial charge in [0.05, 0.1) is 0 Å². The van der Waals surface area contributed by atoms with Crippen LogP contribution in [0.15, 0.2) is 0 Å². The predicted molar refractivity (Wildman–Crippen MR) is 65.7 cm³/mol. The number of rotatable bonds is 4. The molecular weight excluding hydrogens is 170 g/mol. The zero-order valence-corrected chi connectivity index (χ0v) is 10.8. The minimum Gasteiger partial charge on any atom is -0.298 e. The first-order chi connectivity index (χ1) is 6.79. The van der Waals surface area contributed by atoms with Crippen LogP contribution in [0.25, 0.3) is 0 Å². The third kappa shape index (κ3) is 4.00. The molecule has 0 amide bonds. The van der Waals surface area contributed by atoms with Crippen LogP contribution in [0.5, 0.6) is 0 Å². The molecule has 0 aliphatic carbocycles. The molecule has 2 atom stereocenters. The lowest BCUT2D eigenvalue weighted by atomic mass is 10.1. The molecule has 1 nitrogen and oxygen atoms in total. The summed E-state index contributed by atoms with van der Waals surface area (Å²) in [5, 5.41) is 0. The van der Waals surface area contributed by atoms with Crippen molar-refractivity contribution in [3.63, 3.8) is 0 Å². The monoisotopic (exact) mass is 199 g/mol. The van der Waals surface area contributed by atoms with Crippen LogP contribution in [0.3, 0.4) is 0 Å². The average molecular weight is 199 g/mol. The van der Waals surface area contributed by atoms with Gasteiger partial charge in [-0.2, -0.15) is 0 Å². The minimum absolute atomic E-state index is 0.822. The topological polar surface area (TPSA) is 3.24 Å². The molecule has 14 heavy (non-hydrogen) atoms. The van der Waals surface area contributed by atoms with Gasteiger partial charge < -0.3 is 0 Å². The van der Waals surface area contributed by atoms with Gasteiger partial charge in [-0.1, -0.05) is 34.1 Å². The van der Waals surface area contributed by atoms with Crippen molar-refractivity contribution in [3.05, 3.63) is 0 Å². The standard InChI is InChI=1S/C11H23N.C2H6/c1-4-7-10(3)12-9-6-8-11(12)5-2;1-2/h10-11H,4-9H2,1-3H3;1-2H3. The zero-order valence-electron chi connectivity index (χ0n) is 10.8. The van der Waals surface area contributed by atoms with Gasteiger partial charge in [0.2, 0.25) is 0 Å². The van der Waals surface area contributed by atoms with Gasteiger partial charge in [0.1, 0.15) is 0 Å². The second-order valence-corrected chi connectivity index (χ2v) is 4.08. The molecular formula is C13H29N. The highest BCUT2D eigenvalue weighted by Gasteiger charge is 2.25. The van der Waals surface area contributed by atoms with Crippen LogP contribution in [0.2, 0.25) is 0 Å². The van der Waals surface area contributed by atoms with Crippen molar-refractivity contribution in [1.82, 2.24) is 4.90 Å². The van der Waals surface area contributed by atoms with E-state index in [0.29, 0.717) is 0 Å². The fourth-order valence-corrected chi connectivity index (χ4v) is 2.46. The Hall–Kier alpha value is -0.0400. The highest BCUT2D eigenvalue weighted by Crippen LogP contribution is 2.23. The predicted octanol–water partition coefficient (Wildman–Crippen LogP) is 4.08. The Labute approximate surface area is 90.9 Å². The highest BCUT2D eigenvalue weighted by molar-refractivity contribution is 4.81. The molecule has 1 aliphatic rings. The summed E-state index contributed by atoms with van der Waals surface area (Å²) in [7, 11) is 0. The van der Waals surface area contributed by atoms with Gasteiger partial charge in [0.25, 0.3) is 0 Å². The van der Waals surface area contributed by atoms with E-state index in [1.165, 1.54) is 38.6 Å². The maximum Gasteiger partial charge on any atom is 0.00959 e. The summed E-state index contributed by atoms with van der Waals surface area (Å²) < 4.78 is 0. The lowest BCUT2D eigenvalue weighted by molar-refractivity contribution is 0.178. The molecule has 1 heterocycles. The Morgan fingerprint density at radius 2 is 1.93 bits per heavy atom. The fraction of sp³-hybridized carbons (Fsp3) is 1.00. The molecule has 0 bridgehead atoms. The van der Waals surface area contributed by atoms with Crippen LogP contribution in [-0.2, 0) is 0 Å². The van der Waals surface area contributed by atoms with Crippen LogP contribution in [0.4, 0.5) is 0 Å². The summed E-state index contributed by atoms with van der Waals surface area (Å²) in [6.45, 7) is 12.3. The van der Waals surface area contributed by atoms with Crippen molar-refractivity contribution < 1.29 is 0 Å². The van der Waals surface area contributed by atoms with Crippen molar-refractivity contribution >= 4 is 0 Å². The second kappa shape index (κ2) is 8.28. The lowest BCUT2D eigenvalue weighted by Gasteiger charge is -2.29. The summed E-state index contributed by atoms with van der Waals surface area (Å²) >= 11 is 0. The Morgan fingerprint density at radius 1 is 1.29 bits per heavy atom. The third-order valence-electron chi connectivity index (χ3n) is 3.17. The van der Waals surface area contributed by atoms with E-state index < -0.39 is 0 Å². The molecule has 1 saturated heterocycles. The largest absolute Gasteiger partial charge is 0.298 e. The maximum atomic E-state index is 2.71. The molecule has 0 radical (unpaired) electrons. The first-order valence-corrected chi connectivity index (χ1v) is 6.55.